The number of thioether (sulfide) groups is 1. The van der Waals surface area contributed by atoms with Gasteiger partial charge in [-0.3, -0.25) is 9.59 Å². The van der Waals surface area contributed by atoms with Crippen molar-refractivity contribution in [1.29, 1.82) is 0 Å². The number of rotatable bonds is 6. The van der Waals surface area contributed by atoms with Gasteiger partial charge < -0.3 is 10.6 Å². The summed E-state index contributed by atoms with van der Waals surface area (Å²) in [6, 6.07) is 25.3. The quantitative estimate of drug-likeness (QED) is 0.442. The Balaban J connectivity index is 1.83. The topological polar surface area (TPSA) is 63.4 Å². The summed E-state index contributed by atoms with van der Waals surface area (Å²) in [7, 11) is 0. The molecule has 0 saturated carbocycles. The number of amides is 2. The Labute approximate surface area is 200 Å². The molecule has 2 N–H and O–H groups in total. The molecule has 0 bridgehead atoms. The second-order valence-corrected chi connectivity index (χ2v) is 10.3. The molecule has 2 amide bonds. The molecule has 1 aliphatic heterocycles. The van der Waals surface area contributed by atoms with E-state index in [4.69, 9.17) is 5.73 Å². The van der Waals surface area contributed by atoms with E-state index in [0.29, 0.717) is 6.54 Å². The van der Waals surface area contributed by atoms with Crippen LogP contribution in [0, 0.1) is 10.5 Å². The van der Waals surface area contributed by atoms with Gasteiger partial charge in [-0.15, -0.1) is 11.8 Å². The van der Waals surface area contributed by atoms with E-state index in [0.717, 1.165) is 25.2 Å². The molecule has 31 heavy (non-hydrogen) atoms. The Kier molecular flexibility index (Phi) is 6.39. The molecule has 1 aliphatic rings. The number of aryl methyl sites for hydroxylation is 1. The average Bonchev–Trinajstić information content (AvgIpc) is 3.03. The second-order valence-electron chi connectivity index (χ2n) is 7.78. The predicted molar refractivity (Wildman–Crippen MR) is 132 cm³/mol. The number of carbonyl (C=O) groups excluding carboxylic acids is 2. The zero-order valence-corrected chi connectivity index (χ0v) is 20.1. The molecule has 0 spiro atoms. The Bertz CT molecular complexity index is 1100. The van der Waals surface area contributed by atoms with Crippen LogP contribution in [0.3, 0.4) is 0 Å². The van der Waals surface area contributed by atoms with Gasteiger partial charge in [0.2, 0.25) is 11.8 Å². The molecule has 0 unspecified atom stereocenters. The Morgan fingerprint density at radius 1 is 1.06 bits per heavy atom. The first kappa shape index (κ1) is 21.9. The van der Waals surface area contributed by atoms with Crippen molar-refractivity contribution in [2.75, 3.05) is 0 Å². The number of hydrogen-bond donors (Lipinski definition) is 1. The highest BCUT2D eigenvalue weighted by atomic mass is 127. The van der Waals surface area contributed by atoms with Gasteiger partial charge in [-0.2, -0.15) is 0 Å². The number of carbonyl (C=O) groups is 2. The molecule has 0 aliphatic carbocycles. The molecule has 0 radical (unpaired) electrons. The average molecular weight is 542 g/mol. The van der Waals surface area contributed by atoms with Crippen LogP contribution >= 0.6 is 34.4 Å². The third kappa shape index (κ3) is 4.36. The van der Waals surface area contributed by atoms with Gasteiger partial charge in [-0.05, 0) is 58.8 Å². The van der Waals surface area contributed by atoms with Crippen molar-refractivity contribution in [2.45, 2.75) is 35.6 Å². The van der Waals surface area contributed by atoms with Crippen molar-refractivity contribution in [1.82, 2.24) is 4.90 Å². The van der Waals surface area contributed by atoms with Gasteiger partial charge in [0.1, 0.15) is 4.75 Å². The predicted octanol–water partition coefficient (Wildman–Crippen LogP) is 5.09. The van der Waals surface area contributed by atoms with Crippen molar-refractivity contribution in [3.05, 3.63) is 99.1 Å². The molecule has 4 rings (SSSR count). The van der Waals surface area contributed by atoms with Crippen LogP contribution in [0.4, 0.5) is 0 Å². The second kappa shape index (κ2) is 9.04. The number of primary amides is 1. The van der Waals surface area contributed by atoms with Gasteiger partial charge in [0.15, 0.2) is 0 Å². The van der Waals surface area contributed by atoms with E-state index in [1.807, 2.05) is 90.7 Å². The van der Waals surface area contributed by atoms with Crippen LogP contribution in [0.15, 0.2) is 83.8 Å². The lowest BCUT2D eigenvalue weighted by Gasteiger charge is -2.36. The van der Waals surface area contributed by atoms with Crippen molar-refractivity contribution in [2.24, 2.45) is 5.73 Å². The van der Waals surface area contributed by atoms with Gasteiger partial charge in [0.05, 0.1) is 12.5 Å². The summed E-state index contributed by atoms with van der Waals surface area (Å²) in [4.78, 5) is 29.1. The summed E-state index contributed by atoms with van der Waals surface area (Å²) >= 11 is 3.68. The summed E-state index contributed by atoms with van der Waals surface area (Å²) < 4.78 is -0.0874. The Morgan fingerprint density at radius 3 is 2.35 bits per heavy atom. The number of hydrogen-bond acceptors (Lipinski definition) is 3. The first-order valence-corrected chi connectivity index (χ1v) is 11.9. The van der Waals surface area contributed by atoms with Gasteiger partial charge >= 0.3 is 0 Å². The fourth-order valence-corrected chi connectivity index (χ4v) is 6.11. The van der Waals surface area contributed by atoms with E-state index >= 15 is 0 Å². The lowest BCUT2D eigenvalue weighted by Crippen LogP contribution is -2.46. The highest BCUT2D eigenvalue weighted by Crippen LogP contribution is 2.53. The fourth-order valence-electron chi connectivity index (χ4n) is 4.07. The number of likely N-dealkylation sites (tertiary alicyclic amines) is 1. The van der Waals surface area contributed by atoms with Crippen LogP contribution in [-0.2, 0) is 16.1 Å². The maximum Gasteiger partial charge on any atom is 0.237 e. The summed E-state index contributed by atoms with van der Waals surface area (Å²) in [6.07, 6.45) is 0.0728. The number of nitrogens with two attached hydrogens (primary N) is 1. The maximum absolute atomic E-state index is 13.3. The minimum atomic E-state index is -1.09. The third-order valence-corrected chi connectivity index (χ3v) is 8.04. The molecule has 2 atom stereocenters. The molecule has 1 heterocycles. The van der Waals surface area contributed by atoms with E-state index in [1.165, 1.54) is 11.8 Å². The van der Waals surface area contributed by atoms with Crippen LogP contribution in [-0.4, -0.2) is 21.5 Å². The van der Waals surface area contributed by atoms with Crippen molar-refractivity contribution in [3.8, 4) is 0 Å². The normalized spacial score (nSPS) is 20.8. The van der Waals surface area contributed by atoms with Crippen LogP contribution < -0.4 is 5.73 Å². The maximum atomic E-state index is 13.3. The fraction of sp³-hybridized carbons (Fsp3) is 0.200. The number of nitrogens with zero attached hydrogens (tertiary/aromatic N) is 1. The summed E-state index contributed by atoms with van der Waals surface area (Å²) in [6.45, 7) is 2.45. The molecular formula is C25H23IN2O2S. The lowest BCUT2D eigenvalue weighted by molar-refractivity contribution is -0.129. The van der Waals surface area contributed by atoms with Gasteiger partial charge in [0, 0.05) is 15.0 Å². The van der Waals surface area contributed by atoms with Crippen LogP contribution in [0.25, 0.3) is 0 Å². The molecule has 4 nitrogen and oxygen atoms in total. The number of benzene rings is 3. The van der Waals surface area contributed by atoms with Gasteiger partial charge in [0.25, 0.3) is 0 Å². The Hall–Kier alpha value is -2.32. The summed E-state index contributed by atoms with van der Waals surface area (Å²) in [5.41, 5.74) is 9.17. The minimum absolute atomic E-state index is 0.0630. The molecule has 6 heteroatoms. The van der Waals surface area contributed by atoms with Crippen LogP contribution in [0.5, 0.6) is 0 Å². The first-order valence-electron chi connectivity index (χ1n) is 10.0. The van der Waals surface area contributed by atoms with Crippen LogP contribution in [0.2, 0.25) is 0 Å². The standard InChI is InChI=1S/C25H23IN2O2S/c1-17-11-13-19(14-12-17)31-25(24(27)30)15-22(29)28(16-18-7-3-2-4-8-18)23(25)20-9-5-6-10-21(20)26/h2-14,23H,15-16H2,1H3,(H2,27,30)/t23-,25-/m1/s1. The van der Waals surface area contributed by atoms with Crippen molar-refractivity contribution >= 4 is 46.2 Å². The van der Waals surface area contributed by atoms with Gasteiger partial charge in [-0.25, -0.2) is 0 Å². The van der Waals surface area contributed by atoms with Gasteiger partial charge in [-0.1, -0.05) is 66.2 Å². The van der Waals surface area contributed by atoms with E-state index in [2.05, 4.69) is 22.6 Å². The van der Waals surface area contributed by atoms with E-state index in [1.54, 1.807) is 0 Å². The van der Waals surface area contributed by atoms with E-state index < -0.39 is 16.7 Å². The molecular weight excluding hydrogens is 519 g/mol. The molecule has 3 aromatic rings. The minimum Gasteiger partial charge on any atom is -0.368 e. The smallest absolute Gasteiger partial charge is 0.237 e. The molecule has 3 aromatic carbocycles. The molecule has 158 valence electrons. The highest BCUT2D eigenvalue weighted by molar-refractivity contribution is 14.1. The third-order valence-electron chi connectivity index (χ3n) is 5.62. The molecule has 1 fully saturated rings. The largest absolute Gasteiger partial charge is 0.368 e. The molecule has 1 saturated heterocycles. The van der Waals surface area contributed by atoms with Crippen molar-refractivity contribution in [3.63, 3.8) is 0 Å². The van der Waals surface area contributed by atoms with E-state index in [9.17, 15) is 9.59 Å². The van der Waals surface area contributed by atoms with E-state index in [-0.39, 0.29) is 12.3 Å². The highest BCUT2D eigenvalue weighted by Gasteiger charge is 2.57. The monoisotopic (exact) mass is 542 g/mol. The van der Waals surface area contributed by atoms with Crippen LogP contribution in [0.1, 0.15) is 29.2 Å². The zero-order valence-electron chi connectivity index (χ0n) is 17.1. The lowest BCUT2D eigenvalue weighted by atomic mass is 9.91. The summed E-state index contributed by atoms with van der Waals surface area (Å²) in [5, 5.41) is 0. The SMILES string of the molecule is Cc1ccc(S[C@]2(C(N)=O)CC(=O)N(Cc3ccccc3)[C@@H]2c2ccccc2I)cc1. The van der Waals surface area contributed by atoms with Crippen molar-refractivity contribution < 1.29 is 9.59 Å². The molecule has 0 aromatic heterocycles. The summed E-state index contributed by atoms with van der Waals surface area (Å²) in [5.74, 6) is -0.529. The first-order chi connectivity index (χ1) is 14.9. The zero-order chi connectivity index (χ0) is 22.0. The number of halogens is 1. The Morgan fingerprint density at radius 2 is 1.71 bits per heavy atom.